The Morgan fingerprint density at radius 3 is 2.72 bits per heavy atom. The molecule has 25 heavy (non-hydrogen) atoms. The molecular weight excluding hydrogens is 318 g/mol. The molecule has 0 aliphatic rings. The third-order valence-corrected chi connectivity index (χ3v) is 4.06. The van der Waals surface area contributed by atoms with Crippen molar-refractivity contribution in [2.75, 3.05) is 0 Å². The van der Waals surface area contributed by atoms with Crippen LogP contribution in [0, 0.1) is 6.92 Å². The van der Waals surface area contributed by atoms with E-state index in [1.165, 1.54) is 6.33 Å². The van der Waals surface area contributed by atoms with Gasteiger partial charge in [0.1, 0.15) is 6.33 Å². The first kappa shape index (κ1) is 17.2. The fraction of sp³-hybridized carbons (Fsp3) is 0.389. The second-order valence-corrected chi connectivity index (χ2v) is 6.81. The van der Waals surface area contributed by atoms with Gasteiger partial charge < -0.3 is 5.11 Å². The lowest BCUT2D eigenvalue weighted by atomic mass is 10.1. The number of hydrogen-bond donors (Lipinski definition) is 2. The number of aliphatic hydroxyl groups is 1. The summed E-state index contributed by atoms with van der Waals surface area (Å²) in [5, 5.41) is 17.4. The lowest BCUT2D eigenvalue weighted by Gasteiger charge is -2.18. The Labute approximate surface area is 145 Å². The van der Waals surface area contributed by atoms with Crippen molar-refractivity contribution < 1.29 is 5.11 Å². The van der Waals surface area contributed by atoms with E-state index in [9.17, 15) is 9.90 Å². The zero-order chi connectivity index (χ0) is 18.2. The molecule has 7 heteroatoms. The Hall–Kier alpha value is -2.67. The second-order valence-electron chi connectivity index (χ2n) is 6.81. The summed E-state index contributed by atoms with van der Waals surface area (Å²) in [6.45, 7) is 7.65. The van der Waals surface area contributed by atoms with E-state index in [1.54, 1.807) is 23.2 Å². The van der Waals surface area contributed by atoms with Gasteiger partial charge in [0.15, 0.2) is 5.82 Å². The molecule has 0 bridgehead atoms. The van der Waals surface area contributed by atoms with Crippen LogP contribution in [0.25, 0.3) is 17.1 Å². The van der Waals surface area contributed by atoms with Crippen LogP contribution in [-0.4, -0.2) is 35.3 Å². The topological polar surface area (TPSA) is 88.7 Å². The monoisotopic (exact) mass is 341 g/mol. The zero-order valence-corrected chi connectivity index (χ0v) is 14.9. The van der Waals surface area contributed by atoms with E-state index in [1.807, 2.05) is 38.1 Å². The number of nitrogens with zero attached hydrogens (tertiary/aromatic N) is 4. The smallest absolute Gasteiger partial charge is 0.274 e. The molecule has 0 unspecified atom stereocenters. The van der Waals surface area contributed by atoms with Crippen molar-refractivity contribution >= 4 is 0 Å². The standard InChI is InChI=1S/C18H23N5O2/c1-5-15-12(2)21-23(17(15)24)14-8-6-7-13(9-14)16-19-11-20-22(16)10-18(3,4)25/h6-9,11,21,25H,5,10H2,1-4H3. The molecule has 2 aromatic heterocycles. The molecule has 0 spiro atoms. The largest absolute Gasteiger partial charge is 0.389 e. The van der Waals surface area contributed by atoms with Gasteiger partial charge in [0.25, 0.3) is 5.56 Å². The van der Waals surface area contributed by atoms with Gasteiger partial charge in [-0.15, -0.1) is 0 Å². The quantitative estimate of drug-likeness (QED) is 0.743. The van der Waals surface area contributed by atoms with Crippen molar-refractivity contribution in [3.63, 3.8) is 0 Å². The van der Waals surface area contributed by atoms with Gasteiger partial charge in [-0.2, -0.15) is 5.10 Å². The summed E-state index contributed by atoms with van der Waals surface area (Å²) in [6.07, 6.45) is 2.15. The van der Waals surface area contributed by atoms with Gasteiger partial charge in [0.2, 0.25) is 0 Å². The average Bonchev–Trinajstić information content (AvgIpc) is 3.10. The minimum atomic E-state index is -0.899. The molecule has 132 valence electrons. The number of aryl methyl sites for hydroxylation is 1. The highest BCUT2D eigenvalue weighted by Crippen LogP contribution is 2.21. The maximum Gasteiger partial charge on any atom is 0.274 e. The fourth-order valence-electron chi connectivity index (χ4n) is 2.93. The first-order valence-electron chi connectivity index (χ1n) is 8.31. The summed E-state index contributed by atoms with van der Waals surface area (Å²) in [5.74, 6) is 0.649. The van der Waals surface area contributed by atoms with E-state index >= 15 is 0 Å². The van der Waals surface area contributed by atoms with Crippen LogP contribution >= 0.6 is 0 Å². The van der Waals surface area contributed by atoms with Gasteiger partial charge in [-0.05, 0) is 39.3 Å². The Morgan fingerprint density at radius 2 is 2.08 bits per heavy atom. The number of aromatic nitrogens is 5. The Kier molecular flexibility index (Phi) is 4.34. The minimum Gasteiger partial charge on any atom is -0.389 e. The summed E-state index contributed by atoms with van der Waals surface area (Å²) < 4.78 is 3.22. The second kappa shape index (κ2) is 6.33. The summed E-state index contributed by atoms with van der Waals surface area (Å²) in [6, 6.07) is 7.55. The first-order valence-corrected chi connectivity index (χ1v) is 8.31. The maximum atomic E-state index is 12.5. The molecule has 2 N–H and O–H groups in total. The predicted molar refractivity (Wildman–Crippen MR) is 95.8 cm³/mol. The molecule has 0 fully saturated rings. The molecule has 0 atom stereocenters. The Balaban J connectivity index is 2.04. The molecule has 0 amide bonds. The summed E-state index contributed by atoms with van der Waals surface area (Å²) >= 11 is 0. The van der Waals surface area contributed by atoms with Crippen LogP contribution in [0.15, 0.2) is 35.4 Å². The van der Waals surface area contributed by atoms with Gasteiger partial charge >= 0.3 is 0 Å². The molecule has 0 aliphatic heterocycles. The summed E-state index contributed by atoms with van der Waals surface area (Å²) in [5.41, 5.74) is 2.30. The third kappa shape index (κ3) is 3.41. The van der Waals surface area contributed by atoms with Crippen molar-refractivity contribution in [1.82, 2.24) is 24.5 Å². The highest BCUT2D eigenvalue weighted by molar-refractivity contribution is 5.59. The molecule has 1 aromatic carbocycles. The molecule has 2 heterocycles. The van der Waals surface area contributed by atoms with Gasteiger partial charge in [0.05, 0.1) is 17.8 Å². The van der Waals surface area contributed by atoms with Gasteiger partial charge in [0, 0.05) is 16.8 Å². The van der Waals surface area contributed by atoms with Crippen LogP contribution in [0.4, 0.5) is 0 Å². The van der Waals surface area contributed by atoms with E-state index in [2.05, 4.69) is 15.2 Å². The van der Waals surface area contributed by atoms with Crippen LogP contribution in [0.1, 0.15) is 32.0 Å². The van der Waals surface area contributed by atoms with E-state index in [0.717, 1.165) is 22.5 Å². The van der Waals surface area contributed by atoms with Crippen LogP contribution in [-0.2, 0) is 13.0 Å². The normalized spacial score (nSPS) is 11.9. The average molecular weight is 341 g/mol. The number of benzene rings is 1. The molecular formula is C18H23N5O2. The fourth-order valence-corrected chi connectivity index (χ4v) is 2.93. The lowest BCUT2D eigenvalue weighted by Crippen LogP contribution is -2.27. The van der Waals surface area contributed by atoms with E-state index < -0.39 is 5.60 Å². The van der Waals surface area contributed by atoms with Crippen molar-refractivity contribution in [3.05, 3.63) is 52.2 Å². The zero-order valence-electron chi connectivity index (χ0n) is 14.9. The number of rotatable bonds is 5. The number of nitrogens with one attached hydrogen (secondary N) is 1. The highest BCUT2D eigenvalue weighted by atomic mass is 16.3. The van der Waals surface area contributed by atoms with Crippen LogP contribution in [0.2, 0.25) is 0 Å². The first-order chi connectivity index (χ1) is 11.8. The number of H-pyrrole nitrogens is 1. The molecule has 0 saturated heterocycles. The van der Waals surface area contributed by atoms with E-state index in [4.69, 9.17) is 0 Å². The lowest BCUT2D eigenvalue weighted by molar-refractivity contribution is 0.0582. The third-order valence-electron chi connectivity index (χ3n) is 4.06. The number of hydrogen-bond acceptors (Lipinski definition) is 4. The van der Waals surface area contributed by atoms with Crippen LogP contribution < -0.4 is 5.56 Å². The van der Waals surface area contributed by atoms with Gasteiger partial charge in [-0.1, -0.05) is 19.1 Å². The summed E-state index contributed by atoms with van der Waals surface area (Å²) in [4.78, 5) is 16.8. The van der Waals surface area contributed by atoms with Crippen LogP contribution in [0.3, 0.4) is 0 Å². The highest BCUT2D eigenvalue weighted by Gasteiger charge is 2.18. The van der Waals surface area contributed by atoms with Crippen molar-refractivity contribution in [2.24, 2.45) is 0 Å². The van der Waals surface area contributed by atoms with E-state index in [0.29, 0.717) is 18.8 Å². The molecule has 3 rings (SSSR count). The van der Waals surface area contributed by atoms with Gasteiger partial charge in [-0.3, -0.25) is 9.89 Å². The molecule has 7 nitrogen and oxygen atoms in total. The molecule has 0 aliphatic carbocycles. The molecule has 3 aromatic rings. The van der Waals surface area contributed by atoms with E-state index in [-0.39, 0.29) is 5.56 Å². The number of aromatic amines is 1. The van der Waals surface area contributed by atoms with Crippen molar-refractivity contribution in [1.29, 1.82) is 0 Å². The van der Waals surface area contributed by atoms with Crippen molar-refractivity contribution in [3.8, 4) is 17.1 Å². The maximum absolute atomic E-state index is 12.5. The SMILES string of the molecule is CCc1c(C)[nH]n(-c2cccc(-c3ncnn3CC(C)(C)O)c2)c1=O. The van der Waals surface area contributed by atoms with Gasteiger partial charge in [-0.25, -0.2) is 14.3 Å². The Morgan fingerprint density at radius 1 is 1.32 bits per heavy atom. The van der Waals surface area contributed by atoms with Crippen LogP contribution in [0.5, 0.6) is 0 Å². The summed E-state index contributed by atoms with van der Waals surface area (Å²) in [7, 11) is 0. The molecule has 0 saturated carbocycles. The van der Waals surface area contributed by atoms with Crippen molar-refractivity contribution in [2.45, 2.75) is 46.3 Å². The Bertz CT molecular complexity index is 943. The molecule has 0 radical (unpaired) electrons. The predicted octanol–water partition coefficient (Wildman–Crippen LogP) is 2.07. The minimum absolute atomic E-state index is 0.0323.